The molecule has 4 nitrogen and oxygen atoms in total. The fraction of sp³-hybridized carbons (Fsp3) is 0.714. The zero-order valence-corrected chi connectivity index (χ0v) is 7.73. The Balaban J connectivity index is 4.26. The molecule has 0 saturated carbocycles. The lowest BCUT2D eigenvalue weighted by Crippen LogP contribution is -2.43. The summed E-state index contributed by atoms with van der Waals surface area (Å²) < 4.78 is 36.4. The fourth-order valence-corrected chi connectivity index (χ4v) is 0.773. The van der Waals surface area contributed by atoms with Gasteiger partial charge in [0.1, 0.15) is 11.7 Å². The maximum absolute atomic E-state index is 12.1. The van der Waals surface area contributed by atoms with Gasteiger partial charge in [-0.1, -0.05) is 0 Å². The molecule has 14 heavy (non-hydrogen) atoms. The molecule has 0 fully saturated rings. The SMILES string of the molecule is CNC(=O)NCC(C(C)=O)C(F)(F)F. The lowest BCUT2D eigenvalue weighted by Gasteiger charge is -2.17. The predicted molar refractivity (Wildman–Crippen MR) is 42.7 cm³/mol. The molecular formula is C7H11F3N2O2. The van der Waals surface area contributed by atoms with E-state index in [1.807, 2.05) is 5.32 Å². The van der Waals surface area contributed by atoms with Gasteiger partial charge in [0.2, 0.25) is 0 Å². The van der Waals surface area contributed by atoms with Gasteiger partial charge in [-0.05, 0) is 6.92 Å². The fourth-order valence-electron chi connectivity index (χ4n) is 0.773. The molecule has 7 heteroatoms. The summed E-state index contributed by atoms with van der Waals surface area (Å²) in [6.07, 6.45) is -4.62. The number of carbonyl (C=O) groups is 2. The second-order valence-electron chi connectivity index (χ2n) is 2.66. The van der Waals surface area contributed by atoms with E-state index in [1.54, 1.807) is 0 Å². The third-order valence-electron chi connectivity index (χ3n) is 1.58. The minimum Gasteiger partial charge on any atom is -0.341 e. The summed E-state index contributed by atoms with van der Waals surface area (Å²) in [5.41, 5.74) is 0. The second-order valence-corrected chi connectivity index (χ2v) is 2.66. The summed E-state index contributed by atoms with van der Waals surface area (Å²) in [6.45, 7) is 0.0994. The number of rotatable bonds is 3. The monoisotopic (exact) mass is 212 g/mol. The van der Waals surface area contributed by atoms with Gasteiger partial charge in [0, 0.05) is 13.6 Å². The molecule has 0 aliphatic carbocycles. The van der Waals surface area contributed by atoms with Gasteiger partial charge in [0.05, 0.1) is 0 Å². The maximum Gasteiger partial charge on any atom is 0.400 e. The molecular weight excluding hydrogens is 201 g/mol. The number of halogens is 3. The minimum atomic E-state index is -4.62. The first-order chi connectivity index (χ1) is 6.29. The van der Waals surface area contributed by atoms with Crippen LogP contribution in [0.25, 0.3) is 0 Å². The summed E-state index contributed by atoms with van der Waals surface area (Å²) >= 11 is 0. The molecule has 0 bridgehead atoms. The molecule has 0 heterocycles. The molecule has 0 spiro atoms. The Hall–Kier alpha value is -1.27. The molecule has 1 unspecified atom stereocenters. The van der Waals surface area contributed by atoms with Crippen LogP contribution in [-0.2, 0) is 4.79 Å². The van der Waals surface area contributed by atoms with Crippen molar-refractivity contribution in [1.29, 1.82) is 0 Å². The molecule has 0 rings (SSSR count). The summed E-state index contributed by atoms with van der Waals surface area (Å²) in [5, 5.41) is 4.01. The van der Waals surface area contributed by atoms with E-state index >= 15 is 0 Å². The molecule has 2 N–H and O–H groups in total. The van der Waals surface area contributed by atoms with Crippen molar-refractivity contribution in [3.63, 3.8) is 0 Å². The van der Waals surface area contributed by atoms with Crippen LogP contribution in [0.4, 0.5) is 18.0 Å². The van der Waals surface area contributed by atoms with Gasteiger partial charge >= 0.3 is 12.2 Å². The largest absolute Gasteiger partial charge is 0.400 e. The lowest BCUT2D eigenvalue weighted by molar-refractivity contribution is -0.178. The minimum absolute atomic E-state index is 0.738. The van der Waals surface area contributed by atoms with Crippen LogP contribution < -0.4 is 10.6 Å². The topological polar surface area (TPSA) is 58.2 Å². The Bertz CT molecular complexity index is 227. The highest BCUT2D eigenvalue weighted by molar-refractivity contribution is 5.80. The number of alkyl halides is 3. The van der Waals surface area contributed by atoms with Crippen molar-refractivity contribution in [1.82, 2.24) is 10.6 Å². The highest BCUT2D eigenvalue weighted by atomic mass is 19.4. The number of Topliss-reactive ketones (excluding diaryl/α,β-unsaturated/α-hetero) is 1. The quantitative estimate of drug-likeness (QED) is 0.722. The first kappa shape index (κ1) is 12.7. The molecule has 0 aromatic rings. The van der Waals surface area contributed by atoms with Crippen LogP contribution in [0.15, 0.2) is 0 Å². The van der Waals surface area contributed by atoms with E-state index in [0.717, 1.165) is 6.92 Å². The van der Waals surface area contributed by atoms with E-state index < -0.39 is 30.5 Å². The molecule has 0 aliphatic heterocycles. The highest BCUT2D eigenvalue weighted by Gasteiger charge is 2.42. The summed E-state index contributed by atoms with van der Waals surface area (Å²) in [4.78, 5) is 21.2. The van der Waals surface area contributed by atoms with Crippen LogP contribution >= 0.6 is 0 Å². The first-order valence-electron chi connectivity index (χ1n) is 3.81. The van der Waals surface area contributed by atoms with E-state index in [1.165, 1.54) is 7.05 Å². The zero-order valence-electron chi connectivity index (χ0n) is 7.73. The Labute approximate surface area is 78.8 Å². The van der Waals surface area contributed by atoms with Crippen molar-refractivity contribution in [3.05, 3.63) is 0 Å². The molecule has 0 radical (unpaired) electrons. The summed E-state index contributed by atoms with van der Waals surface area (Å²) in [6, 6.07) is -0.750. The van der Waals surface area contributed by atoms with Gasteiger partial charge in [0.15, 0.2) is 0 Å². The maximum atomic E-state index is 12.1. The summed E-state index contributed by atoms with van der Waals surface area (Å²) in [5.74, 6) is -3.16. The van der Waals surface area contributed by atoms with Gasteiger partial charge in [0.25, 0.3) is 0 Å². The van der Waals surface area contributed by atoms with Crippen LogP contribution in [0.1, 0.15) is 6.92 Å². The number of nitrogens with one attached hydrogen (secondary N) is 2. The molecule has 0 aromatic heterocycles. The number of carbonyl (C=O) groups excluding carboxylic acids is 2. The standard InChI is InChI=1S/C7H11F3N2O2/c1-4(13)5(7(8,9)10)3-12-6(14)11-2/h5H,3H2,1-2H3,(H2,11,12,14). The van der Waals surface area contributed by atoms with E-state index in [4.69, 9.17) is 0 Å². The summed E-state index contributed by atoms with van der Waals surface area (Å²) in [7, 11) is 1.27. The van der Waals surface area contributed by atoms with Crippen molar-refractivity contribution in [2.24, 2.45) is 5.92 Å². The predicted octanol–water partition coefficient (Wildman–Crippen LogP) is 0.683. The van der Waals surface area contributed by atoms with E-state index in [-0.39, 0.29) is 0 Å². The molecule has 82 valence electrons. The van der Waals surface area contributed by atoms with E-state index in [9.17, 15) is 22.8 Å². The molecule has 0 aliphatic rings. The van der Waals surface area contributed by atoms with Crippen molar-refractivity contribution >= 4 is 11.8 Å². The Morgan fingerprint density at radius 1 is 1.36 bits per heavy atom. The normalized spacial score (nSPS) is 13.2. The van der Waals surface area contributed by atoms with Gasteiger partial charge < -0.3 is 10.6 Å². The average Bonchev–Trinajstić information content (AvgIpc) is 2.01. The van der Waals surface area contributed by atoms with Crippen molar-refractivity contribution in [2.75, 3.05) is 13.6 Å². The van der Waals surface area contributed by atoms with Crippen LogP contribution in [0.5, 0.6) is 0 Å². The Morgan fingerprint density at radius 3 is 2.14 bits per heavy atom. The van der Waals surface area contributed by atoms with Gasteiger partial charge in [-0.15, -0.1) is 0 Å². The second kappa shape index (κ2) is 4.83. The molecule has 2 amide bonds. The lowest BCUT2D eigenvalue weighted by atomic mass is 10.1. The molecule has 1 atom stereocenters. The van der Waals surface area contributed by atoms with Crippen LogP contribution in [0.3, 0.4) is 0 Å². The van der Waals surface area contributed by atoms with Crippen LogP contribution in [0.2, 0.25) is 0 Å². The zero-order chi connectivity index (χ0) is 11.4. The highest BCUT2D eigenvalue weighted by Crippen LogP contribution is 2.26. The van der Waals surface area contributed by atoms with Crippen molar-refractivity contribution in [2.45, 2.75) is 13.1 Å². The smallest absolute Gasteiger partial charge is 0.341 e. The number of ketones is 1. The third kappa shape index (κ3) is 4.11. The molecule has 0 aromatic carbocycles. The average molecular weight is 212 g/mol. The van der Waals surface area contributed by atoms with Crippen LogP contribution in [-0.4, -0.2) is 31.6 Å². The van der Waals surface area contributed by atoms with E-state index in [0.29, 0.717) is 0 Å². The van der Waals surface area contributed by atoms with Crippen molar-refractivity contribution in [3.8, 4) is 0 Å². The van der Waals surface area contributed by atoms with Gasteiger partial charge in [-0.25, -0.2) is 4.79 Å². The van der Waals surface area contributed by atoms with Gasteiger partial charge in [-0.3, -0.25) is 4.79 Å². The Kier molecular flexibility index (Phi) is 4.39. The van der Waals surface area contributed by atoms with Crippen LogP contribution in [0, 0.1) is 5.92 Å². The number of hydrogen-bond donors (Lipinski definition) is 2. The first-order valence-corrected chi connectivity index (χ1v) is 3.81. The number of amides is 2. The number of urea groups is 1. The Morgan fingerprint density at radius 2 is 1.86 bits per heavy atom. The third-order valence-corrected chi connectivity index (χ3v) is 1.58. The van der Waals surface area contributed by atoms with Gasteiger partial charge in [-0.2, -0.15) is 13.2 Å². The number of hydrogen-bond acceptors (Lipinski definition) is 2. The molecule has 0 saturated heterocycles. The van der Waals surface area contributed by atoms with E-state index in [2.05, 4.69) is 5.32 Å². The van der Waals surface area contributed by atoms with Crippen molar-refractivity contribution < 1.29 is 22.8 Å².